The molecule has 0 atom stereocenters. The zero-order chi connectivity index (χ0) is 13.0. The van der Waals surface area contributed by atoms with Gasteiger partial charge in [0.15, 0.2) is 0 Å². The van der Waals surface area contributed by atoms with Gasteiger partial charge in [0.25, 0.3) is 0 Å². The number of hydrogen-bond donors (Lipinski definition) is 3. The Balaban J connectivity index is 2.24. The van der Waals surface area contributed by atoms with E-state index in [0.717, 1.165) is 22.9 Å². The molecule has 0 radical (unpaired) electrons. The Kier molecular flexibility index (Phi) is 3.84. The van der Waals surface area contributed by atoms with Crippen molar-refractivity contribution in [1.82, 2.24) is 10.3 Å². The van der Waals surface area contributed by atoms with Gasteiger partial charge in [0, 0.05) is 23.6 Å². The fraction of sp³-hybridized carbons (Fsp3) is 0.308. The maximum atomic E-state index is 11.3. The fourth-order valence-corrected chi connectivity index (χ4v) is 1.87. The van der Waals surface area contributed by atoms with E-state index in [0.29, 0.717) is 18.8 Å². The summed E-state index contributed by atoms with van der Waals surface area (Å²) in [6, 6.07) is 5.51. The summed E-state index contributed by atoms with van der Waals surface area (Å²) in [5, 5.41) is 3.63. The van der Waals surface area contributed by atoms with Crippen LogP contribution in [-0.2, 0) is 6.42 Å². The van der Waals surface area contributed by atoms with E-state index in [1.807, 2.05) is 25.3 Å². The maximum Gasteiger partial charge on any atom is 0.412 e. The number of carbonyl (C=O) groups is 1. The second-order valence-corrected chi connectivity index (χ2v) is 3.98. The molecule has 5 nitrogen and oxygen atoms in total. The fourth-order valence-electron chi connectivity index (χ4n) is 1.87. The number of nitrogens with two attached hydrogens (primary N) is 1. The molecule has 0 aliphatic heterocycles. The van der Waals surface area contributed by atoms with Crippen molar-refractivity contribution in [3.8, 4) is 5.75 Å². The van der Waals surface area contributed by atoms with Gasteiger partial charge < -0.3 is 20.8 Å². The van der Waals surface area contributed by atoms with E-state index >= 15 is 0 Å². The molecule has 0 bridgehead atoms. The van der Waals surface area contributed by atoms with E-state index in [-0.39, 0.29) is 0 Å². The number of benzene rings is 1. The minimum atomic E-state index is -0.437. The van der Waals surface area contributed by atoms with E-state index in [4.69, 9.17) is 10.5 Å². The minimum Gasteiger partial charge on any atom is -0.410 e. The number of fused-ring (bicyclic) bond motifs is 1. The monoisotopic (exact) mass is 247 g/mol. The Labute approximate surface area is 105 Å². The summed E-state index contributed by atoms with van der Waals surface area (Å²) in [5.41, 5.74) is 7.71. The number of H-pyrrole nitrogens is 1. The Morgan fingerprint density at radius 1 is 1.50 bits per heavy atom. The zero-order valence-electron chi connectivity index (χ0n) is 10.3. The second-order valence-electron chi connectivity index (χ2n) is 3.98. The Hall–Kier alpha value is -2.01. The molecule has 1 aromatic carbocycles. The lowest BCUT2D eigenvalue weighted by molar-refractivity contribution is 0.201. The minimum absolute atomic E-state index is 0.437. The molecule has 96 valence electrons. The van der Waals surface area contributed by atoms with Crippen LogP contribution in [0.5, 0.6) is 5.75 Å². The number of nitrogens with one attached hydrogen (secondary N) is 2. The van der Waals surface area contributed by atoms with Crippen molar-refractivity contribution in [2.45, 2.75) is 13.3 Å². The third kappa shape index (κ3) is 2.62. The van der Waals surface area contributed by atoms with E-state index in [1.165, 1.54) is 0 Å². The molecule has 1 amide bonds. The third-order valence-electron chi connectivity index (χ3n) is 2.68. The summed E-state index contributed by atoms with van der Waals surface area (Å²) in [5.74, 6) is 0.534. The van der Waals surface area contributed by atoms with Crippen LogP contribution in [0.1, 0.15) is 12.5 Å². The van der Waals surface area contributed by atoms with Gasteiger partial charge in [-0.05, 0) is 43.7 Å². The van der Waals surface area contributed by atoms with Gasteiger partial charge in [-0.25, -0.2) is 4.79 Å². The van der Waals surface area contributed by atoms with Crippen LogP contribution >= 0.6 is 0 Å². The van der Waals surface area contributed by atoms with Crippen molar-refractivity contribution in [3.63, 3.8) is 0 Å². The second kappa shape index (κ2) is 5.55. The highest BCUT2D eigenvalue weighted by atomic mass is 16.5. The molecule has 0 fully saturated rings. The van der Waals surface area contributed by atoms with Gasteiger partial charge in [-0.3, -0.25) is 0 Å². The number of hydrogen-bond acceptors (Lipinski definition) is 3. The maximum absolute atomic E-state index is 11.3. The summed E-state index contributed by atoms with van der Waals surface area (Å²) in [6.45, 7) is 2.98. The molecule has 18 heavy (non-hydrogen) atoms. The molecule has 4 N–H and O–H groups in total. The highest BCUT2D eigenvalue weighted by Crippen LogP contribution is 2.24. The smallest absolute Gasteiger partial charge is 0.410 e. The highest BCUT2D eigenvalue weighted by molar-refractivity contribution is 5.85. The highest BCUT2D eigenvalue weighted by Gasteiger charge is 2.07. The Bertz CT molecular complexity index is 548. The quantitative estimate of drug-likeness (QED) is 0.770. The lowest BCUT2D eigenvalue weighted by atomic mass is 10.1. The first-order valence-corrected chi connectivity index (χ1v) is 6.00. The van der Waals surface area contributed by atoms with Crippen LogP contribution in [0.4, 0.5) is 4.79 Å². The summed E-state index contributed by atoms with van der Waals surface area (Å²) in [6.07, 6.45) is 2.30. The van der Waals surface area contributed by atoms with Gasteiger partial charge in [-0.1, -0.05) is 0 Å². The number of rotatable bonds is 4. The average Bonchev–Trinajstić information content (AvgIpc) is 2.73. The largest absolute Gasteiger partial charge is 0.412 e. The van der Waals surface area contributed by atoms with Crippen molar-refractivity contribution >= 4 is 17.0 Å². The molecule has 0 saturated carbocycles. The van der Waals surface area contributed by atoms with Crippen LogP contribution in [0.25, 0.3) is 10.9 Å². The number of carbonyl (C=O) groups excluding carboxylic acids is 1. The molecule has 0 aliphatic carbocycles. The first kappa shape index (κ1) is 12.4. The molecule has 0 spiro atoms. The third-order valence-corrected chi connectivity index (χ3v) is 2.68. The molecular weight excluding hydrogens is 230 g/mol. The summed E-state index contributed by atoms with van der Waals surface area (Å²) in [4.78, 5) is 14.5. The SMILES string of the molecule is CCNC(=O)Oc1ccc2[nH]cc(CCN)c2c1. The normalized spacial score (nSPS) is 10.6. The van der Waals surface area contributed by atoms with Crippen LogP contribution in [0, 0.1) is 0 Å². The molecule has 0 aliphatic rings. The van der Waals surface area contributed by atoms with E-state index in [2.05, 4.69) is 10.3 Å². The molecular formula is C13H17N3O2. The number of aromatic nitrogens is 1. The summed E-state index contributed by atoms with van der Waals surface area (Å²) in [7, 11) is 0. The lowest BCUT2D eigenvalue weighted by Gasteiger charge is -2.05. The number of ether oxygens (including phenoxy) is 1. The van der Waals surface area contributed by atoms with Gasteiger partial charge in [0.2, 0.25) is 0 Å². The van der Waals surface area contributed by atoms with Crippen molar-refractivity contribution in [2.75, 3.05) is 13.1 Å². The average molecular weight is 247 g/mol. The Morgan fingerprint density at radius 2 is 2.33 bits per heavy atom. The lowest BCUT2D eigenvalue weighted by Crippen LogP contribution is -2.26. The predicted molar refractivity (Wildman–Crippen MR) is 70.8 cm³/mol. The van der Waals surface area contributed by atoms with E-state index in [9.17, 15) is 4.79 Å². The predicted octanol–water partition coefficient (Wildman–Crippen LogP) is 1.78. The topological polar surface area (TPSA) is 80.1 Å². The van der Waals surface area contributed by atoms with Gasteiger partial charge in [-0.2, -0.15) is 0 Å². The molecule has 0 saturated heterocycles. The van der Waals surface area contributed by atoms with Crippen LogP contribution in [0.3, 0.4) is 0 Å². The first-order valence-electron chi connectivity index (χ1n) is 6.00. The molecule has 2 aromatic rings. The van der Waals surface area contributed by atoms with Gasteiger partial charge in [0.05, 0.1) is 0 Å². The van der Waals surface area contributed by atoms with E-state index < -0.39 is 6.09 Å². The molecule has 1 aromatic heterocycles. The molecule has 0 unspecified atom stereocenters. The van der Waals surface area contributed by atoms with Crippen molar-refractivity contribution in [3.05, 3.63) is 30.0 Å². The van der Waals surface area contributed by atoms with Gasteiger partial charge in [0.1, 0.15) is 5.75 Å². The Morgan fingerprint density at radius 3 is 3.06 bits per heavy atom. The molecule has 2 rings (SSSR count). The number of amides is 1. The van der Waals surface area contributed by atoms with Crippen LogP contribution < -0.4 is 15.8 Å². The van der Waals surface area contributed by atoms with E-state index in [1.54, 1.807) is 6.07 Å². The van der Waals surface area contributed by atoms with Gasteiger partial charge >= 0.3 is 6.09 Å². The number of aromatic amines is 1. The summed E-state index contributed by atoms with van der Waals surface area (Å²) >= 11 is 0. The van der Waals surface area contributed by atoms with Crippen molar-refractivity contribution < 1.29 is 9.53 Å². The standard InChI is InChI=1S/C13H17N3O2/c1-2-15-13(17)18-10-3-4-12-11(7-10)9(5-6-14)8-16-12/h3-4,7-8,16H,2,5-6,14H2,1H3,(H,15,17). The first-order chi connectivity index (χ1) is 8.74. The molecule has 1 heterocycles. The van der Waals surface area contributed by atoms with Crippen molar-refractivity contribution in [1.29, 1.82) is 0 Å². The zero-order valence-corrected chi connectivity index (χ0v) is 10.3. The summed E-state index contributed by atoms with van der Waals surface area (Å²) < 4.78 is 5.17. The van der Waals surface area contributed by atoms with Crippen LogP contribution in [0.2, 0.25) is 0 Å². The van der Waals surface area contributed by atoms with Gasteiger partial charge in [-0.15, -0.1) is 0 Å². The van der Waals surface area contributed by atoms with Crippen LogP contribution in [0.15, 0.2) is 24.4 Å². The molecule has 5 heteroatoms. The van der Waals surface area contributed by atoms with Crippen LogP contribution in [-0.4, -0.2) is 24.2 Å². The van der Waals surface area contributed by atoms with Crippen molar-refractivity contribution in [2.24, 2.45) is 5.73 Å².